The van der Waals surface area contributed by atoms with E-state index in [9.17, 15) is 9.59 Å². The van der Waals surface area contributed by atoms with E-state index in [1.807, 2.05) is 19.1 Å². The van der Waals surface area contributed by atoms with Crippen LogP contribution in [0.2, 0.25) is 5.02 Å². The molecular weight excluding hydrogens is 370 g/mol. The second-order valence-corrected chi connectivity index (χ2v) is 6.39. The van der Waals surface area contributed by atoms with Crippen molar-refractivity contribution < 1.29 is 23.8 Å². The summed E-state index contributed by atoms with van der Waals surface area (Å²) in [5, 5.41) is 3.10. The van der Waals surface area contributed by atoms with Crippen LogP contribution in [0, 0.1) is 6.92 Å². The Morgan fingerprint density at radius 3 is 2.41 bits per heavy atom. The minimum Gasteiger partial charge on any atom is -0.496 e. The van der Waals surface area contributed by atoms with Crippen molar-refractivity contribution in [1.82, 2.24) is 0 Å². The normalized spacial score (nSPS) is 11.4. The lowest BCUT2D eigenvalue weighted by molar-refractivity contribution is -0.152. The smallest absolute Gasteiger partial charge is 0.311 e. The van der Waals surface area contributed by atoms with E-state index < -0.39 is 18.0 Å². The van der Waals surface area contributed by atoms with E-state index in [1.165, 1.54) is 21.1 Å². The van der Waals surface area contributed by atoms with Gasteiger partial charge in [0.05, 0.1) is 26.3 Å². The molecule has 1 N–H and O–H groups in total. The van der Waals surface area contributed by atoms with Crippen LogP contribution >= 0.6 is 11.6 Å². The van der Waals surface area contributed by atoms with Gasteiger partial charge in [-0.15, -0.1) is 0 Å². The molecule has 2 aromatic carbocycles. The average molecular weight is 392 g/mol. The molecule has 2 rings (SSSR count). The molecule has 6 nitrogen and oxygen atoms in total. The summed E-state index contributed by atoms with van der Waals surface area (Å²) >= 11 is 5.95. The van der Waals surface area contributed by atoms with E-state index in [4.69, 9.17) is 25.8 Å². The number of ether oxygens (including phenoxy) is 3. The highest BCUT2D eigenvalue weighted by Crippen LogP contribution is 2.28. The lowest BCUT2D eigenvalue weighted by Crippen LogP contribution is -2.30. The molecule has 0 aliphatic heterocycles. The molecule has 0 saturated heterocycles. The number of nitrogens with one attached hydrogen (secondary N) is 1. The van der Waals surface area contributed by atoms with Gasteiger partial charge in [-0.1, -0.05) is 29.3 Å². The predicted molar refractivity (Wildman–Crippen MR) is 104 cm³/mol. The highest BCUT2D eigenvalue weighted by Gasteiger charge is 2.20. The van der Waals surface area contributed by atoms with Crippen molar-refractivity contribution in [3.8, 4) is 11.5 Å². The molecule has 7 heteroatoms. The third-order valence-electron chi connectivity index (χ3n) is 3.87. The summed E-state index contributed by atoms with van der Waals surface area (Å²) in [5.41, 5.74) is 2.10. The average Bonchev–Trinajstić information content (AvgIpc) is 2.62. The van der Waals surface area contributed by atoms with E-state index in [1.54, 1.807) is 24.3 Å². The van der Waals surface area contributed by atoms with Crippen molar-refractivity contribution in [2.45, 2.75) is 26.4 Å². The zero-order valence-corrected chi connectivity index (χ0v) is 16.4. The first kappa shape index (κ1) is 20.6. The molecule has 0 bridgehead atoms. The lowest BCUT2D eigenvalue weighted by atomic mass is 10.1. The highest BCUT2D eigenvalue weighted by atomic mass is 35.5. The molecule has 0 heterocycles. The molecule has 1 atom stereocenters. The van der Waals surface area contributed by atoms with Crippen LogP contribution in [0.1, 0.15) is 18.1 Å². The predicted octanol–water partition coefficient (Wildman–Crippen LogP) is 3.78. The van der Waals surface area contributed by atoms with Crippen LogP contribution in [0.3, 0.4) is 0 Å². The molecule has 0 aliphatic carbocycles. The van der Waals surface area contributed by atoms with Crippen LogP contribution in [0.15, 0.2) is 36.4 Å². The molecule has 0 fully saturated rings. The summed E-state index contributed by atoms with van der Waals surface area (Å²) in [5.74, 6) is 0.0359. The number of aryl methyl sites for hydroxylation is 1. The van der Waals surface area contributed by atoms with E-state index in [-0.39, 0.29) is 6.42 Å². The van der Waals surface area contributed by atoms with Gasteiger partial charge in [0, 0.05) is 10.6 Å². The zero-order valence-electron chi connectivity index (χ0n) is 15.7. The molecular formula is C20H22ClNO5. The highest BCUT2D eigenvalue weighted by molar-refractivity contribution is 6.31. The molecule has 27 heavy (non-hydrogen) atoms. The first-order valence-corrected chi connectivity index (χ1v) is 8.69. The molecule has 0 spiro atoms. The third kappa shape index (κ3) is 5.62. The molecule has 0 aliphatic rings. The Bertz CT molecular complexity index is 837. The summed E-state index contributed by atoms with van der Waals surface area (Å²) in [4.78, 5) is 24.6. The summed E-state index contributed by atoms with van der Waals surface area (Å²) in [6.07, 6.45) is -0.986. The summed E-state index contributed by atoms with van der Waals surface area (Å²) in [7, 11) is 3.02. The topological polar surface area (TPSA) is 73.9 Å². The number of benzene rings is 2. The van der Waals surface area contributed by atoms with Crippen LogP contribution < -0.4 is 14.8 Å². The van der Waals surface area contributed by atoms with Crippen molar-refractivity contribution in [3.63, 3.8) is 0 Å². The lowest BCUT2D eigenvalue weighted by Gasteiger charge is -2.16. The molecule has 2 aromatic rings. The van der Waals surface area contributed by atoms with Gasteiger partial charge < -0.3 is 19.5 Å². The van der Waals surface area contributed by atoms with Crippen molar-refractivity contribution >= 4 is 29.2 Å². The van der Waals surface area contributed by atoms with Gasteiger partial charge in [-0.25, -0.2) is 0 Å². The van der Waals surface area contributed by atoms with E-state index in [0.29, 0.717) is 27.8 Å². The number of carbonyl (C=O) groups is 2. The van der Waals surface area contributed by atoms with Gasteiger partial charge in [0.2, 0.25) is 0 Å². The fourth-order valence-corrected chi connectivity index (χ4v) is 2.68. The van der Waals surface area contributed by atoms with E-state index >= 15 is 0 Å². The zero-order chi connectivity index (χ0) is 20.0. The van der Waals surface area contributed by atoms with Gasteiger partial charge >= 0.3 is 5.97 Å². The molecule has 0 unspecified atom stereocenters. The van der Waals surface area contributed by atoms with Gasteiger partial charge in [-0.2, -0.15) is 0 Å². The number of esters is 1. The number of rotatable bonds is 7. The fraction of sp³-hybridized carbons (Fsp3) is 0.300. The Kier molecular flexibility index (Phi) is 7.07. The minimum absolute atomic E-state index is 0.00294. The van der Waals surface area contributed by atoms with Crippen molar-refractivity contribution in [2.75, 3.05) is 19.5 Å². The van der Waals surface area contributed by atoms with Gasteiger partial charge in [0.15, 0.2) is 6.10 Å². The first-order valence-electron chi connectivity index (χ1n) is 8.31. The van der Waals surface area contributed by atoms with E-state index in [0.717, 1.165) is 5.56 Å². The molecule has 0 radical (unpaired) electrons. The van der Waals surface area contributed by atoms with Crippen LogP contribution in [0.4, 0.5) is 5.69 Å². The molecule has 1 amide bonds. The fourth-order valence-electron chi connectivity index (χ4n) is 2.51. The van der Waals surface area contributed by atoms with Gasteiger partial charge in [-0.3, -0.25) is 9.59 Å². The second-order valence-electron chi connectivity index (χ2n) is 5.96. The summed E-state index contributed by atoms with van der Waals surface area (Å²) in [6.45, 7) is 3.42. The molecule has 0 saturated carbocycles. The second kappa shape index (κ2) is 9.28. The van der Waals surface area contributed by atoms with Crippen molar-refractivity contribution in [1.29, 1.82) is 0 Å². The van der Waals surface area contributed by atoms with Crippen LogP contribution in [-0.4, -0.2) is 32.2 Å². The Balaban J connectivity index is 2.01. The monoisotopic (exact) mass is 391 g/mol. The molecule has 0 aromatic heterocycles. The standard InChI is InChI=1S/C20H22ClNO5/c1-12-5-7-17(25-3)14(9-12)10-19(23)27-13(2)20(24)22-16-11-15(21)6-8-18(16)26-4/h5-9,11,13H,10H2,1-4H3,(H,22,24)/t13-/m1/s1. The Hall–Kier alpha value is -2.73. The van der Waals surface area contributed by atoms with Crippen molar-refractivity contribution in [2.24, 2.45) is 0 Å². The number of hydrogen-bond donors (Lipinski definition) is 1. The van der Waals surface area contributed by atoms with Crippen LogP contribution in [-0.2, 0) is 20.7 Å². The number of halogens is 1. The van der Waals surface area contributed by atoms with E-state index in [2.05, 4.69) is 5.32 Å². The molecule has 144 valence electrons. The number of amides is 1. The summed E-state index contributed by atoms with van der Waals surface area (Å²) < 4.78 is 15.7. The minimum atomic E-state index is -0.989. The van der Waals surface area contributed by atoms with Crippen LogP contribution in [0.25, 0.3) is 0 Å². The summed E-state index contributed by atoms with van der Waals surface area (Å²) in [6, 6.07) is 10.4. The SMILES string of the molecule is COc1ccc(C)cc1CC(=O)O[C@H](C)C(=O)Nc1cc(Cl)ccc1OC. The number of carbonyl (C=O) groups excluding carboxylic acids is 2. The quantitative estimate of drug-likeness (QED) is 0.727. The maximum atomic E-state index is 12.3. The van der Waals surface area contributed by atoms with Crippen molar-refractivity contribution in [3.05, 3.63) is 52.5 Å². The number of hydrogen-bond acceptors (Lipinski definition) is 5. The Morgan fingerprint density at radius 1 is 1.07 bits per heavy atom. The van der Waals surface area contributed by atoms with Gasteiger partial charge in [0.1, 0.15) is 11.5 Å². The maximum Gasteiger partial charge on any atom is 0.311 e. The van der Waals surface area contributed by atoms with Crippen LogP contribution in [0.5, 0.6) is 11.5 Å². The number of anilines is 1. The Morgan fingerprint density at radius 2 is 1.74 bits per heavy atom. The van der Waals surface area contributed by atoms with Gasteiger partial charge in [0.25, 0.3) is 5.91 Å². The Labute approximate surface area is 163 Å². The third-order valence-corrected chi connectivity index (χ3v) is 4.10. The first-order chi connectivity index (χ1) is 12.8. The van der Waals surface area contributed by atoms with Gasteiger partial charge in [-0.05, 0) is 38.1 Å². The maximum absolute atomic E-state index is 12.3. The number of methoxy groups -OCH3 is 2. The largest absolute Gasteiger partial charge is 0.496 e.